The highest BCUT2D eigenvalue weighted by Gasteiger charge is 2.26. The summed E-state index contributed by atoms with van der Waals surface area (Å²) in [6.45, 7) is -0.101. The standard InChI is InChI=1S/C4H7F3N2O.ClH/c1-3(10)9-8-2-4(5,6)7;/h8H,2H2,1H3,(H,9,10);1H. The fraction of sp³-hybridized carbons (Fsp3) is 0.750. The molecule has 7 heteroatoms. The van der Waals surface area contributed by atoms with Gasteiger partial charge in [-0.05, 0) is 0 Å². The van der Waals surface area contributed by atoms with E-state index in [2.05, 4.69) is 0 Å². The molecule has 1 amide bonds. The minimum atomic E-state index is -4.29. The Morgan fingerprint density at radius 2 is 1.91 bits per heavy atom. The molecule has 68 valence electrons. The Morgan fingerprint density at radius 1 is 1.45 bits per heavy atom. The van der Waals surface area contributed by atoms with Crippen LogP contribution in [0.2, 0.25) is 0 Å². The largest absolute Gasteiger partial charge is 0.402 e. The molecule has 2 N–H and O–H groups in total. The lowest BCUT2D eigenvalue weighted by atomic mass is 10.6. The van der Waals surface area contributed by atoms with Crippen molar-refractivity contribution in [1.29, 1.82) is 0 Å². The SMILES string of the molecule is CC(=O)NNCC(F)(F)F.Cl. The van der Waals surface area contributed by atoms with E-state index in [0.717, 1.165) is 6.92 Å². The van der Waals surface area contributed by atoms with Gasteiger partial charge in [0.05, 0.1) is 0 Å². The van der Waals surface area contributed by atoms with Crippen LogP contribution in [0.3, 0.4) is 0 Å². The van der Waals surface area contributed by atoms with Crippen molar-refractivity contribution < 1.29 is 18.0 Å². The van der Waals surface area contributed by atoms with E-state index in [1.807, 2.05) is 0 Å². The van der Waals surface area contributed by atoms with Crippen LogP contribution in [0.1, 0.15) is 6.92 Å². The summed E-state index contributed by atoms with van der Waals surface area (Å²) in [5, 5.41) is 0. The number of hydrogen-bond donors (Lipinski definition) is 2. The Hall–Kier alpha value is -0.490. The zero-order chi connectivity index (χ0) is 8.20. The van der Waals surface area contributed by atoms with Crippen LogP contribution < -0.4 is 10.9 Å². The second-order valence-corrected chi connectivity index (χ2v) is 1.65. The summed E-state index contributed by atoms with van der Waals surface area (Å²) in [6.07, 6.45) is -4.29. The van der Waals surface area contributed by atoms with Gasteiger partial charge in [0.1, 0.15) is 6.54 Å². The summed E-state index contributed by atoms with van der Waals surface area (Å²) in [5.74, 6) is -0.552. The molecule has 0 heterocycles. The van der Waals surface area contributed by atoms with Crippen LogP contribution in [0.15, 0.2) is 0 Å². The zero-order valence-electron chi connectivity index (χ0n) is 5.66. The average Bonchev–Trinajstić information content (AvgIpc) is 1.59. The molecule has 11 heavy (non-hydrogen) atoms. The number of halogens is 4. The van der Waals surface area contributed by atoms with E-state index in [1.165, 1.54) is 0 Å². The molecule has 0 saturated carbocycles. The number of rotatable bonds is 2. The number of carbonyl (C=O) groups excluding carboxylic acids is 1. The maximum atomic E-state index is 11.3. The summed E-state index contributed by atoms with van der Waals surface area (Å²) in [7, 11) is 0. The molecule has 0 spiro atoms. The minimum absolute atomic E-state index is 0. The molecule has 0 atom stereocenters. The van der Waals surface area contributed by atoms with E-state index in [-0.39, 0.29) is 12.4 Å². The monoisotopic (exact) mass is 192 g/mol. The third-order valence-corrected chi connectivity index (χ3v) is 0.553. The molecule has 0 aromatic heterocycles. The van der Waals surface area contributed by atoms with Gasteiger partial charge in [-0.2, -0.15) is 13.2 Å². The molecule has 0 aliphatic carbocycles. The molecule has 0 unspecified atom stereocenters. The lowest BCUT2D eigenvalue weighted by Crippen LogP contribution is -2.41. The Labute approximate surface area is 67.7 Å². The first-order valence-electron chi connectivity index (χ1n) is 2.48. The van der Waals surface area contributed by atoms with Crippen LogP contribution in [0.4, 0.5) is 13.2 Å². The normalized spacial score (nSPS) is 10.2. The van der Waals surface area contributed by atoms with Crippen LogP contribution >= 0.6 is 12.4 Å². The lowest BCUT2D eigenvalue weighted by molar-refractivity contribution is -0.131. The first kappa shape index (κ1) is 13.1. The molecule has 0 aromatic carbocycles. The molecular formula is C4H8ClF3N2O. The van der Waals surface area contributed by atoms with Gasteiger partial charge in [0.15, 0.2) is 0 Å². The van der Waals surface area contributed by atoms with Crippen molar-refractivity contribution in [1.82, 2.24) is 10.9 Å². The van der Waals surface area contributed by atoms with Crippen molar-refractivity contribution in [2.75, 3.05) is 6.54 Å². The summed E-state index contributed by atoms with van der Waals surface area (Å²) in [4.78, 5) is 9.99. The van der Waals surface area contributed by atoms with Crippen LogP contribution in [-0.2, 0) is 4.79 Å². The van der Waals surface area contributed by atoms with E-state index < -0.39 is 18.6 Å². The molecule has 0 rings (SSSR count). The third-order valence-electron chi connectivity index (χ3n) is 0.553. The molecular weight excluding hydrogens is 185 g/mol. The fourth-order valence-corrected chi connectivity index (χ4v) is 0.269. The Bertz CT molecular complexity index is 127. The van der Waals surface area contributed by atoms with Crippen LogP contribution in [0.25, 0.3) is 0 Å². The minimum Gasteiger partial charge on any atom is -0.292 e. The summed E-state index contributed by atoms with van der Waals surface area (Å²) in [6, 6.07) is 0. The van der Waals surface area contributed by atoms with Gasteiger partial charge in [0.2, 0.25) is 5.91 Å². The van der Waals surface area contributed by atoms with Gasteiger partial charge in [0.25, 0.3) is 0 Å². The van der Waals surface area contributed by atoms with Crippen molar-refractivity contribution in [3.63, 3.8) is 0 Å². The predicted octanol–water partition coefficient (Wildman–Crippen LogP) is 0.611. The highest BCUT2D eigenvalue weighted by Crippen LogP contribution is 2.11. The van der Waals surface area contributed by atoms with Crippen LogP contribution in [-0.4, -0.2) is 18.6 Å². The van der Waals surface area contributed by atoms with Gasteiger partial charge in [-0.1, -0.05) is 0 Å². The predicted molar refractivity (Wildman–Crippen MR) is 35.1 cm³/mol. The quantitative estimate of drug-likeness (QED) is 0.630. The Kier molecular flexibility index (Phi) is 6.20. The van der Waals surface area contributed by atoms with Crippen molar-refractivity contribution in [3.8, 4) is 0 Å². The molecule has 0 radical (unpaired) electrons. The third kappa shape index (κ3) is 12.7. The number of hydrogen-bond acceptors (Lipinski definition) is 2. The molecule has 0 saturated heterocycles. The van der Waals surface area contributed by atoms with Crippen molar-refractivity contribution >= 4 is 18.3 Å². The van der Waals surface area contributed by atoms with Crippen LogP contribution in [0, 0.1) is 0 Å². The van der Waals surface area contributed by atoms with E-state index in [9.17, 15) is 18.0 Å². The zero-order valence-corrected chi connectivity index (χ0v) is 6.47. The molecule has 0 aromatic rings. The van der Waals surface area contributed by atoms with Crippen molar-refractivity contribution in [3.05, 3.63) is 0 Å². The van der Waals surface area contributed by atoms with Gasteiger partial charge in [-0.3, -0.25) is 10.2 Å². The summed E-state index contributed by atoms with van der Waals surface area (Å²) >= 11 is 0. The number of carbonyl (C=O) groups is 1. The fourth-order valence-electron chi connectivity index (χ4n) is 0.269. The second kappa shape index (κ2) is 5.20. The summed E-state index contributed by atoms with van der Waals surface area (Å²) < 4.78 is 33.9. The van der Waals surface area contributed by atoms with E-state index in [0.29, 0.717) is 0 Å². The van der Waals surface area contributed by atoms with Gasteiger partial charge < -0.3 is 0 Å². The van der Waals surface area contributed by atoms with Crippen molar-refractivity contribution in [2.24, 2.45) is 0 Å². The second-order valence-electron chi connectivity index (χ2n) is 1.65. The first-order chi connectivity index (χ1) is 4.42. The maximum absolute atomic E-state index is 11.3. The molecule has 0 bridgehead atoms. The molecule has 0 fully saturated rings. The molecule has 0 aliphatic heterocycles. The van der Waals surface area contributed by atoms with Gasteiger partial charge in [-0.15, -0.1) is 12.4 Å². The average molecular weight is 193 g/mol. The highest BCUT2D eigenvalue weighted by molar-refractivity contribution is 5.85. The number of hydrazine groups is 1. The van der Waals surface area contributed by atoms with Crippen molar-refractivity contribution in [2.45, 2.75) is 13.1 Å². The Morgan fingerprint density at radius 3 is 2.18 bits per heavy atom. The van der Waals surface area contributed by atoms with Crippen LogP contribution in [0.5, 0.6) is 0 Å². The number of amides is 1. The number of nitrogens with one attached hydrogen (secondary N) is 2. The number of alkyl halides is 3. The topological polar surface area (TPSA) is 41.1 Å². The first-order valence-corrected chi connectivity index (χ1v) is 2.48. The molecule has 3 nitrogen and oxygen atoms in total. The Balaban J connectivity index is 0. The highest BCUT2D eigenvalue weighted by atomic mass is 35.5. The van der Waals surface area contributed by atoms with Gasteiger partial charge in [0, 0.05) is 6.92 Å². The smallest absolute Gasteiger partial charge is 0.292 e. The summed E-state index contributed by atoms with van der Waals surface area (Å²) in [5.41, 5.74) is 3.49. The molecule has 0 aliphatic rings. The van der Waals surface area contributed by atoms with Gasteiger partial charge in [-0.25, -0.2) is 5.43 Å². The lowest BCUT2D eigenvalue weighted by Gasteiger charge is -2.07. The van der Waals surface area contributed by atoms with E-state index in [1.54, 1.807) is 10.9 Å². The van der Waals surface area contributed by atoms with E-state index >= 15 is 0 Å². The van der Waals surface area contributed by atoms with E-state index in [4.69, 9.17) is 0 Å². The maximum Gasteiger partial charge on any atom is 0.402 e. The van der Waals surface area contributed by atoms with Gasteiger partial charge >= 0.3 is 6.18 Å².